The summed E-state index contributed by atoms with van der Waals surface area (Å²) in [5.74, 6) is 0. The molecule has 0 radical (unpaired) electrons. The number of hydrogen-bond acceptors (Lipinski definition) is 2. The molecule has 1 heterocycles. The van der Waals surface area contributed by atoms with E-state index in [1.165, 1.54) is 6.07 Å². The summed E-state index contributed by atoms with van der Waals surface area (Å²) in [6, 6.07) is 5.42. The highest BCUT2D eigenvalue weighted by molar-refractivity contribution is 7.17. The highest BCUT2D eigenvalue weighted by Gasteiger charge is 2.07. The van der Waals surface area contributed by atoms with Crippen LogP contribution in [0, 0.1) is 5.13 Å². The summed E-state index contributed by atoms with van der Waals surface area (Å²) < 4.78 is 13.9. The van der Waals surface area contributed by atoms with E-state index < -0.39 is 0 Å². The van der Waals surface area contributed by atoms with E-state index in [0.717, 1.165) is 39.0 Å². The number of aliphatic hydroxyl groups excluding tert-OH is 1. The molecule has 1 aromatic heterocycles. The molecule has 74 valence electrons. The van der Waals surface area contributed by atoms with E-state index in [9.17, 15) is 4.39 Å². The molecule has 0 atom stereocenters. The molecule has 0 bridgehead atoms. The molecule has 1 N–H and O–H groups in total. The van der Waals surface area contributed by atoms with Crippen LogP contribution in [0.3, 0.4) is 0 Å². The maximum atomic E-state index is 13.0. The molecule has 1 aromatic carbocycles. The number of halogens is 1. The quantitative estimate of drug-likeness (QED) is 0.807. The summed E-state index contributed by atoms with van der Waals surface area (Å²) in [5, 5.41) is 9.80. The minimum atomic E-state index is -0.192. The fraction of sp³-hybridized carbons (Fsp3) is 0.273. The number of aryl methyl sites for hydroxylation is 1. The summed E-state index contributed by atoms with van der Waals surface area (Å²) in [5.41, 5.74) is 1.96. The van der Waals surface area contributed by atoms with Crippen molar-refractivity contribution in [3.63, 3.8) is 0 Å². The molecule has 0 unspecified atom stereocenters. The molecule has 0 saturated carbocycles. The van der Waals surface area contributed by atoms with Gasteiger partial charge in [-0.3, -0.25) is 0 Å². The van der Waals surface area contributed by atoms with Crippen LogP contribution in [0.25, 0.3) is 10.1 Å². The second kappa shape index (κ2) is 3.67. The highest BCUT2D eigenvalue weighted by atomic mass is 32.1. The van der Waals surface area contributed by atoms with Crippen LogP contribution in [0.4, 0.5) is 4.39 Å². The van der Waals surface area contributed by atoms with Crippen LogP contribution in [0.1, 0.15) is 18.1 Å². The molecular weight excluding hydrogens is 199 g/mol. The number of benzene rings is 1. The Morgan fingerprint density at radius 1 is 1.36 bits per heavy atom. The third-order valence-electron chi connectivity index (χ3n) is 2.33. The number of hydrogen-bond donors (Lipinski definition) is 1. The third kappa shape index (κ3) is 1.53. The topological polar surface area (TPSA) is 20.2 Å². The van der Waals surface area contributed by atoms with Crippen molar-refractivity contribution >= 4 is 21.4 Å². The predicted octanol–water partition coefficient (Wildman–Crippen LogP) is 3.10. The number of aliphatic hydroxyl groups is 1. The van der Waals surface area contributed by atoms with Gasteiger partial charge in [-0.25, -0.2) is 0 Å². The standard InChI is InChI=1S/C11H11FOS/c1-2-7-3-8(6-13)9-5-11(12)14-10(9)4-7/h3-5,13H,2,6H2,1H3. The molecule has 0 saturated heterocycles. The fourth-order valence-corrected chi connectivity index (χ4v) is 2.48. The second-order valence-corrected chi connectivity index (χ2v) is 4.26. The number of fused-ring (bicyclic) bond motifs is 1. The van der Waals surface area contributed by atoms with Crippen LogP contribution in [0.15, 0.2) is 18.2 Å². The fourth-order valence-electron chi connectivity index (χ4n) is 1.58. The second-order valence-electron chi connectivity index (χ2n) is 3.23. The van der Waals surface area contributed by atoms with Crippen molar-refractivity contribution < 1.29 is 9.50 Å². The predicted molar refractivity (Wildman–Crippen MR) is 57.1 cm³/mol. The Labute approximate surface area is 85.8 Å². The van der Waals surface area contributed by atoms with Gasteiger partial charge in [0.25, 0.3) is 0 Å². The first kappa shape index (κ1) is 9.62. The molecule has 0 aliphatic rings. The van der Waals surface area contributed by atoms with Gasteiger partial charge in [-0.2, -0.15) is 4.39 Å². The lowest BCUT2D eigenvalue weighted by Crippen LogP contribution is -1.87. The van der Waals surface area contributed by atoms with Crippen LogP contribution in [-0.2, 0) is 13.0 Å². The highest BCUT2D eigenvalue weighted by Crippen LogP contribution is 2.29. The third-order valence-corrected chi connectivity index (χ3v) is 3.20. The van der Waals surface area contributed by atoms with Crippen LogP contribution in [0.2, 0.25) is 0 Å². The lowest BCUT2D eigenvalue weighted by Gasteiger charge is -2.02. The van der Waals surface area contributed by atoms with Gasteiger partial charge in [-0.1, -0.05) is 13.0 Å². The smallest absolute Gasteiger partial charge is 0.177 e. The Morgan fingerprint density at radius 2 is 2.14 bits per heavy atom. The van der Waals surface area contributed by atoms with E-state index in [2.05, 4.69) is 0 Å². The first-order valence-electron chi connectivity index (χ1n) is 4.56. The van der Waals surface area contributed by atoms with Crippen molar-refractivity contribution in [3.05, 3.63) is 34.5 Å². The molecule has 14 heavy (non-hydrogen) atoms. The van der Waals surface area contributed by atoms with E-state index in [1.54, 1.807) is 0 Å². The van der Waals surface area contributed by atoms with Crippen LogP contribution < -0.4 is 0 Å². The Morgan fingerprint density at radius 3 is 2.79 bits per heavy atom. The van der Waals surface area contributed by atoms with E-state index in [0.29, 0.717) is 0 Å². The average Bonchev–Trinajstić information content (AvgIpc) is 2.56. The maximum absolute atomic E-state index is 13.0. The minimum absolute atomic E-state index is 0.0273. The molecular formula is C11H11FOS. The summed E-state index contributed by atoms with van der Waals surface area (Å²) >= 11 is 1.13. The largest absolute Gasteiger partial charge is 0.392 e. The molecule has 0 amide bonds. The van der Waals surface area contributed by atoms with Gasteiger partial charge in [0.1, 0.15) is 0 Å². The van der Waals surface area contributed by atoms with Crippen molar-refractivity contribution in [1.29, 1.82) is 0 Å². The van der Waals surface area contributed by atoms with Crippen LogP contribution in [0.5, 0.6) is 0 Å². The van der Waals surface area contributed by atoms with E-state index in [1.807, 2.05) is 19.1 Å². The Kier molecular flexibility index (Phi) is 2.52. The zero-order chi connectivity index (χ0) is 10.1. The Hall–Kier alpha value is -0.930. The Bertz CT molecular complexity index is 462. The first-order chi connectivity index (χ1) is 6.74. The summed E-state index contributed by atoms with van der Waals surface area (Å²) in [6.45, 7) is 2.02. The van der Waals surface area contributed by atoms with Crippen molar-refractivity contribution in [2.75, 3.05) is 0 Å². The Balaban J connectivity index is 2.72. The van der Waals surface area contributed by atoms with Crippen molar-refractivity contribution in [2.45, 2.75) is 20.0 Å². The molecule has 0 aliphatic carbocycles. The molecule has 2 rings (SSSR count). The molecule has 0 aliphatic heterocycles. The lowest BCUT2D eigenvalue weighted by molar-refractivity contribution is 0.283. The molecule has 1 nitrogen and oxygen atoms in total. The number of thiophene rings is 1. The zero-order valence-electron chi connectivity index (χ0n) is 7.88. The van der Waals surface area contributed by atoms with Crippen molar-refractivity contribution in [1.82, 2.24) is 0 Å². The van der Waals surface area contributed by atoms with Gasteiger partial charge >= 0.3 is 0 Å². The SMILES string of the molecule is CCc1cc(CO)c2cc(F)sc2c1. The van der Waals surface area contributed by atoms with Gasteiger partial charge < -0.3 is 5.11 Å². The molecule has 0 spiro atoms. The summed E-state index contributed by atoms with van der Waals surface area (Å²) in [4.78, 5) is 0. The average molecular weight is 210 g/mol. The summed E-state index contributed by atoms with van der Waals surface area (Å²) in [7, 11) is 0. The van der Waals surface area contributed by atoms with Crippen LogP contribution >= 0.6 is 11.3 Å². The molecule has 2 aromatic rings. The molecule has 3 heteroatoms. The van der Waals surface area contributed by atoms with Crippen molar-refractivity contribution in [2.24, 2.45) is 0 Å². The summed E-state index contributed by atoms with van der Waals surface area (Å²) in [6.07, 6.45) is 0.905. The number of rotatable bonds is 2. The maximum Gasteiger partial charge on any atom is 0.177 e. The van der Waals surface area contributed by atoms with E-state index in [-0.39, 0.29) is 11.7 Å². The van der Waals surface area contributed by atoms with E-state index >= 15 is 0 Å². The van der Waals surface area contributed by atoms with Gasteiger partial charge in [-0.05, 0) is 29.7 Å². The van der Waals surface area contributed by atoms with Crippen molar-refractivity contribution in [3.8, 4) is 0 Å². The lowest BCUT2D eigenvalue weighted by atomic mass is 10.1. The van der Waals surface area contributed by atoms with Gasteiger partial charge in [0, 0.05) is 10.1 Å². The van der Waals surface area contributed by atoms with Crippen LogP contribution in [-0.4, -0.2) is 5.11 Å². The normalized spacial score (nSPS) is 11.1. The monoisotopic (exact) mass is 210 g/mol. The zero-order valence-corrected chi connectivity index (χ0v) is 8.70. The molecule has 0 fully saturated rings. The minimum Gasteiger partial charge on any atom is -0.392 e. The van der Waals surface area contributed by atoms with E-state index in [4.69, 9.17) is 5.11 Å². The van der Waals surface area contributed by atoms with Gasteiger partial charge in [-0.15, -0.1) is 11.3 Å². The first-order valence-corrected chi connectivity index (χ1v) is 5.38. The van der Waals surface area contributed by atoms with Gasteiger partial charge in [0.05, 0.1) is 6.61 Å². The van der Waals surface area contributed by atoms with Gasteiger partial charge in [0.15, 0.2) is 5.13 Å². The van der Waals surface area contributed by atoms with Gasteiger partial charge in [0.2, 0.25) is 0 Å².